The van der Waals surface area contributed by atoms with Crippen molar-refractivity contribution >= 4 is 34.7 Å². The lowest BCUT2D eigenvalue weighted by Crippen LogP contribution is -2.29. The van der Waals surface area contributed by atoms with Gasteiger partial charge in [0.15, 0.2) is 0 Å². The highest BCUT2D eigenvalue weighted by Crippen LogP contribution is 2.43. The smallest absolute Gasteiger partial charge is 0.300 e. The number of aliphatic hydroxyl groups excluding tert-OH is 1. The summed E-state index contributed by atoms with van der Waals surface area (Å²) in [6, 6.07) is 17.6. The van der Waals surface area contributed by atoms with E-state index in [1.807, 2.05) is 6.92 Å². The molecule has 162 valence electrons. The summed E-state index contributed by atoms with van der Waals surface area (Å²) >= 11 is 6.00. The van der Waals surface area contributed by atoms with Crippen molar-refractivity contribution in [3.8, 4) is 5.75 Å². The summed E-state index contributed by atoms with van der Waals surface area (Å²) in [6.07, 6.45) is 0. The van der Waals surface area contributed by atoms with Crippen LogP contribution in [0.2, 0.25) is 5.02 Å². The SMILES string of the molecule is CCOc1cccc(C2/C(=C(/O)c3ccc(F)cc3)C(=O)C(=O)N2c2ccc(Cl)cc2)c1. The van der Waals surface area contributed by atoms with Gasteiger partial charge in [0.1, 0.15) is 17.3 Å². The maximum atomic E-state index is 13.4. The quantitative estimate of drug-likeness (QED) is 0.316. The third kappa shape index (κ3) is 3.97. The number of benzene rings is 3. The Morgan fingerprint density at radius 1 is 1.06 bits per heavy atom. The van der Waals surface area contributed by atoms with Crippen LogP contribution in [0.3, 0.4) is 0 Å². The number of hydrogen-bond donors (Lipinski definition) is 1. The third-order valence-corrected chi connectivity index (χ3v) is 5.40. The molecule has 1 heterocycles. The molecule has 1 amide bonds. The van der Waals surface area contributed by atoms with E-state index in [2.05, 4.69) is 0 Å². The molecule has 0 saturated carbocycles. The van der Waals surface area contributed by atoms with Crippen LogP contribution in [0.1, 0.15) is 24.1 Å². The number of Topliss-reactive ketones (excluding diaryl/α,β-unsaturated/α-hetero) is 1. The molecule has 1 fully saturated rings. The van der Waals surface area contributed by atoms with Crippen LogP contribution in [-0.2, 0) is 9.59 Å². The molecule has 5 nitrogen and oxygen atoms in total. The van der Waals surface area contributed by atoms with Crippen molar-refractivity contribution in [3.05, 3.63) is 100 Å². The Balaban J connectivity index is 1.93. The first kappa shape index (κ1) is 21.6. The van der Waals surface area contributed by atoms with Gasteiger partial charge in [-0.05, 0) is 73.2 Å². The lowest BCUT2D eigenvalue weighted by Gasteiger charge is -2.25. The standard InChI is InChI=1S/C25H19ClFNO4/c1-2-32-20-5-3-4-16(14-20)22-21(23(29)15-6-10-18(27)11-7-15)24(30)25(31)28(22)19-12-8-17(26)9-13-19/h3-14,22,29H,2H2,1H3/b23-21-. The van der Waals surface area contributed by atoms with Gasteiger partial charge in [-0.3, -0.25) is 14.5 Å². The molecule has 1 aliphatic rings. The van der Waals surface area contributed by atoms with Gasteiger partial charge in [0, 0.05) is 16.3 Å². The van der Waals surface area contributed by atoms with Crippen molar-refractivity contribution in [1.82, 2.24) is 0 Å². The molecule has 3 aromatic rings. The number of hydrogen-bond acceptors (Lipinski definition) is 4. The number of anilines is 1. The second-order valence-electron chi connectivity index (χ2n) is 7.16. The molecule has 0 aliphatic carbocycles. The van der Waals surface area contributed by atoms with Gasteiger partial charge in [0.2, 0.25) is 0 Å². The number of halogens is 2. The molecule has 0 spiro atoms. The fourth-order valence-electron chi connectivity index (χ4n) is 3.72. The number of amides is 1. The number of aliphatic hydroxyl groups is 1. The zero-order chi connectivity index (χ0) is 22.8. The van der Waals surface area contributed by atoms with Gasteiger partial charge in [-0.25, -0.2) is 4.39 Å². The Labute approximate surface area is 189 Å². The second-order valence-corrected chi connectivity index (χ2v) is 7.59. The lowest BCUT2D eigenvalue weighted by molar-refractivity contribution is -0.132. The molecular weight excluding hydrogens is 433 g/mol. The zero-order valence-electron chi connectivity index (χ0n) is 17.1. The van der Waals surface area contributed by atoms with E-state index in [0.29, 0.717) is 28.6 Å². The molecular formula is C25H19ClFNO4. The summed E-state index contributed by atoms with van der Waals surface area (Å²) in [5.74, 6) is -1.93. The monoisotopic (exact) mass is 451 g/mol. The van der Waals surface area contributed by atoms with Gasteiger partial charge in [-0.15, -0.1) is 0 Å². The van der Waals surface area contributed by atoms with Crippen LogP contribution in [0.5, 0.6) is 5.75 Å². The van der Waals surface area contributed by atoms with Gasteiger partial charge in [-0.2, -0.15) is 0 Å². The number of carbonyl (C=O) groups excluding carboxylic acids is 2. The molecule has 1 atom stereocenters. The average molecular weight is 452 g/mol. The Hall–Kier alpha value is -3.64. The summed E-state index contributed by atoms with van der Waals surface area (Å²) < 4.78 is 19.0. The van der Waals surface area contributed by atoms with E-state index in [-0.39, 0.29) is 16.9 Å². The van der Waals surface area contributed by atoms with Crippen LogP contribution >= 0.6 is 11.6 Å². The predicted octanol–water partition coefficient (Wildman–Crippen LogP) is 5.50. The molecule has 1 saturated heterocycles. The molecule has 3 aromatic carbocycles. The molecule has 0 radical (unpaired) electrons. The Morgan fingerprint density at radius 2 is 1.75 bits per heavy atom. The van der Waals surface area contributed by atoms with Crippen LogP contribution in [-0.4, -0.2) is 23.4 Å². The van der Waals surface area contributed by atoms with Crippen LogP contribution in [0.15, 0.2) is 78.4 Å². The minimum atomic E-state index is -0.915. The minimum Gasteiger partial charge on any atom is -0.507 e. The zero-order valence-corrected chi connectivity index (χ0v) is 17.8. The summed E-state index contributed by atoms with van der Waals surface area (Å²) in [5.41, 5.74) is 1.16. The molecule has 1 N–H and O–H groups in total. The van der Waals surface area contributed by atoms with Crippen molar-refractivity contribution in [3.63, 3.8) is 0 Å². The predicted molar refractivity (Wildman–Crippen MR) is 120 cm³/mol. The Morgan fingerprint density at radius 3 is 2.41 bits per heavy atom. The molecule has 1 aliphatic heterocycles. The highest BCUT2D eigenvalue weighted by molar-refractivity contribution is 6.51. The number of ether oxygens (including phenoxy) is 1. The van der Waals surface area contributed by atoms with E-state index < -0.39 is 23.5 Å². The highest BCUT2D eigenvalue weighted by atomic mass is 35.5. The fraction of sp³-hybridized carbons (Fsp3) is 0.120. The van der Waals surface area contributed by atoms with E-state index in [4.69, 9.17) is 16.3 Å². The molecule has 1 unspecified atom stereocenters. The summed E-state index contributed by atoms with van der Waals surface area (Å²) in [4.78, 5) is 27.5. The number of nitrogens with zero attached hydrogens (tertiary/aromatic N) is 1. The summed E-state index contributed by atoms with van der Waals surface area (Å²) in [7, 11) is 0. The van der Waals surface area contributed by atoms with Crippen molar-refractivity contribution in [2.45, 2.75) is 13.0 Å². The van der Waals surface area contributed by atoms with E-state index in [0.717, 1.165) is 0 Å². The Kier molecular flexibility index (Phi) is 5.97. The highest BCUT2D eigenvalue weighted by Gasteiger charge is 2.47. The second kappa shape index (κ2) is 8.85. The van der Waals surface area contributed by atoms with Gasteiger partial charge in [0.05, 0.1) is 18.2 Å². The van der Waals surface area contributed by atoms with Crippen molar-refractivity contribution in [2.24, 2.45) is 0 Å². The lowest BCUT2D eigenvalue weighted by atomic mass is 9.95. The van der Waals surface area contributed by atoms with Crippen molar-refractivity contribution in [1.29, 1.82) is 0 Å². The van der Waals surface area contributed by atoms with E-state index in [1.54, 1.807) is 48.5 Å². The van der Waals surface area contributed by atoms with Crippen LogP contribution in [0.4, 0.5) is 10.1 Å². The van der Waals surface area contributed by atoms with Crippen molar-refractivity contribution < 1.29 is 23.8 Å². The number of carbonyl (C=O) groups is 2. The normalized spacial score (nSPS) is 17.6. The molecule has 32 heavy (non-hydrogen) atoms. The molecule has 4 rings (SSSR count). The van der Waals surface area contributed by atoms with E-state index in [1.165, 1.54) is 29.2 Å². The first-order valence-corrected chi connectivity index (χ1v) is 10.3. The first-order chi connectivity index (χ1) is 15.4. The van der Waals surface area contributed by atoms with E-state index >= 15 is 0 Å². The number of rotatable bonds is 5. The molecule has 0 aromatic heterocycles. The maximum absolute atomic E-state index is 13.4. The number of ketones is 1. The van der Waals surface area contributed by atoms with E-state index in [9.17, 15) is 19.1 Å². The van der Waals surface area contributed by atoms with Gasteiger partial charge in [0.25, 0.3) is 11.7 Å². The fourth-order valence-corrected chi connectivity index (χ4v) is 3.85. The van der Waals surface area contributed by atoms with Crippen molar-refractivity contribution in [2.75, 3.05) is 11.5 Å². The van der Waals surface area contributed by atoms with Crippen LogP contribution in [0.25, 0.3) is 5.76 Å². The Bertz CT molecular complexity index is 1210. The minimum absolute atomic E-state index is 0.0924. The summed E-state index contributed by atoms with van der Waals surface area (Å²) in [5, 5.41) is 11.5. The molecule has 0 bridgehead atoms. The average Bonchev–Trinajstić information content (AvgIpc) is 3.05. The molecule has 7 heteroatoms. The van der Waals surface area contributed by atoms with Gasteiger partial charge >= 0.3 is 0 Å². The van der Waals surface area contributed by atoms with Gasteiger partial charge < -0.3 is 9.84 Å². The van der Waals surface area contributed by atoms with Crippen LogP contribution in [0, 0.1) is 5.82 Å². The maximum Gasteiger partial charge on any atom is 0.300 e. The van der Waals surface area contributed by atoms with Crippen LogP contribution < -0.4 is 9.64 Å². The van der Waals surface area contributed by atoms with Gasteiger partial charge in [-0.1, -0.05) is 23.7 Å². The third-order valence-electron chi connectivity index (χ3n) is 5.15. The largest absolute Gasteiger partial charge is 0.507 e. The topological polar surface area (TPSA) is 66.8 Å². The first-order valence-electron chi connectivity index (χ1n) is 9.96. The summed E-state index contributed by atoms with van der Waals surface area (Å²) in [6.45, 7) is 2.29.